The third kappa shape index (κ3) is 3.47. The molecule has 0 saturated carbocycles. The van der Waals surface area contributed by atoms with Gasteiger partial charge in [0.15, 0.2) is 5.13 Å². The summed E-state index contributed by atoms with van der Waals surface area (Å²) in [5.74, 6) is 0.817. The molecule has 2 aromatic carbocycles. The van der Waals surface area contributed by atoms with Crippen LogP contribution in [0.3, 0.4) is 0 Å². The lowest BCUT2D eigenvalue weighted by Crippen LogP contribution is -2.48. The van der Waals surface area contributed by atoms with Crippen LogP contribution in [0.1, 0.15) is 15.9 Å². The minimum atomic E-state index is 0.0902. The van der Waals surface area contributed by atoms with Crippen molar-refractivity contribution in [3.63, 3.8) is 0 Å². The quantitative estimate of drug-likeness (QED) is 0.658. The summed E-state index contributed by atoms with van der Waals surface area (Å²) in [5, 5.41) is 1.60. The number of rotatable bonds is 3. The van der Waals surface area contributed by atoms with E-state index in [2.05, 4.69) is 4.90 Å². The topological polar surface area (TPSA) is 45.7 Å². The molecule has 1 aliphatic rings. The number of ether oxygens (including phenoxy) is 1. The van der Waals surface area contributed by atoms with Crippen molar-refractivity contribution in [2.45, 2.75) is 6.92 Å². The molecule has 1 aliphatic heterocycles. The lowest BCUT2D eigenvalue weighted by molar-refractivity contribution is 0.0746. The van der Waals surface area contributed by atoms with Gasteiger partial charge in [0.25, 0.3) is 5.91 Å². The van der Waals surface area contributed by atoms with Crippen LogP contribution in [0, 0.1) is 6.92 Å². The van der Waals surface area contributed by atoms with Crippen molar-refractivity contribution in [3.8, 4) is 5.75 Å². The summed E-state index contributed by atoms with van der Waals surface area (Å²) in [6.45, 7) is 4.84. The zero-order chi connectivity index (χ0) is 19.0. The molecule has 0 atom stereocenters. The van der Waals surface area contributed by atoms with E-state index in [4.69, 9.17) is 21.3 Å². The van der Waals surface area contributed by atoms with Crippen LogP contribution >= 0.6 is 22.9 Å². The summed E-state index contributed by atoms with van der Waals surface area (Å²) in [7, 11) is 1.64. The van der Waals surface area contributed by atoms with E-state index in [-0.39, 0.29) is 5.91 Å². The number of nitrogens with zero attached hydrogens (tertiary/aromatic N) is 3. The van der Waals surface area contributed by atoms with Crippen molar-refractivity contribution in [1.82, 2.24) is 9.88 Å². The molecule has 140 valence electrons. The fraction of sp³-hybridized carbons (Fsp3) is 0.300. The number of hydrogen-bond donors (Lipinski definition) is 0. The van der Waals surface area contributed by atoms with E-state index in [1.165, 1.54) is 0 Å². The minimum absolute atomic E-state index is 0.0902. The number of aryl methyl sites for hydroxylation is 1. The first-order chi connectivity index (χ1) is 13.1. The van der Waals surface area contributed by atoms with Crippen molar-refractivity contribution >= 4 is 44.2 Å². The number of carbonyl (C=O) groups is 1. The first kappa shape index (κ1) is 18.1. The van der Waals surface area contributed by atoms with Crippen LogP contribution in [0.15, 0.2) is 36.4 Å². The van der Waals surface area contributed by atoms with Crippen LogP contribution in [0.5, 0.6) is 5.75 Å². The fourth-order valence-corrected chi connectivity index (χ4v) is 4.61. The first-order valence-corrected chi connectivity index (χ1v) is 10.00. The Morgan fingerprint density at radius 2 is 1.96 bits per heavy atom. The second-order valence-electron chi connectivity index (χ2n) is 6.57. The number of thiazole rings is 1. The molecule has 1 fully saturated rings. The molecular weight excluding hydrogens is 382 g/mol. The van der Waals surface area contributed by atoms with Gasteiger partial charge >= 0.3 is 0 Å². The van der Waals surface area contributed by atoms with E-state index in [1.807, 2.05) is 48.2 Å². The Kier molecular flexibility index (Phi) is 4.93. The molecule has 1 aromatic heterocycles. The van der Waals surface area contributed by atoms with Gasteiger partial charge in [0.2, 0.25) is 0 Å². The number of carbonyl (C=O) groups excluding carboxylic acids is 1. The highest BCUT2D eigenvalue weighted by Crippen LogP contribution is 2.38. The minimum Gasteiger partial charge on any atom is -0.494 e. The lowest BCUT2D eigenvalue weighted by Gasteiger charge is -2.34. The summed E-state index contributed by atoms with van der Waals surface area (Å²) < 4.78 is 6.34. The van der Waals surface area contributed by atoms with E-state index in [1.54, 1.807) is 18.4 Å². The molecule has 0 N–H and O–H groups in total. The van der Waals surface area contributed by atoms with Gasteiger partial charge in [-0.3, -0.25) is 4.79 Å². The van der Waals surface area contributed by atoms with Crippen LogP contribution in [-0.4, -0.2) is 49.1 Å². The van der Waals surface area contributed by atoms with Gasteiger partial charge in [-0.15, -0.1) is 0 Å². The third-order valence-electron chi connectivity index (χ3n) is 4.77. The Morgan fingerprint density at radius 3 is 2.67 bits per heavy atom. The highest BCUT2D eigenvalue weighted by atomic mass is 35.5. The molecular formula is C20H20ClN3O2S. The van der Waals surface area contributed by atoms with Crippen molar-refractivity contribution in [2.24, 2.45) is 0 Å². The van der Waals surface area contributed by atoms with Crippen LogP contribution in [0.2, 0.25) is 5.02 Å². The average Bonchev–Trinajstić information content (AvgIpc) is 3.14. The molecule has 5 nitrogen and oxygen atoms in total. The van der Waals surface area contributed by atoms with Gasteiger partial charge in [0.1, 0.15) is 11.3 Å². The number of methoxy groups -OCH3 is 1. The van der Waals surface area contributed by atoms with E-state index in [0.29, 0.717) is 18.1 Å². The number of aromatic nitrogens is 1. The summed E-state index contributed by atoms with van der Waals surface area (Å²) in [6.07, 6.45) is 0. The van der Waals surface area contributed by atoms with Gasteiger partial charge < -0.3 is 14.5 Å². The lowest BCUT2D eigenvalue weighted by atomic mass is 10.1. The smallest absolute Gasteiger partial charge is 0.253 e. The van der Waals surface area contributed by atoms with Crippen molar-refractivity contribution in [3.05, 3.63) is 52.5 Å². The van der Waals surface area contributed by atoms with E-state index >= 15 is 0 Å². The van der Waals surface area contributed by atoms with Gasteiger partial charge in [-0.1, -0.05) is 40.6 Å². The normalized spacial score (nSPS) is 14.6. The van der Waals surface area contributed by atoms with Crippen molar-refractivity contribution in [1.29, 1.82) is 0 Å². The summed E-state index contributed by atoms with van der Waals surface area (Å²) >= 11 is 7.89. The fourth-order valence-electron chi connectivity index (χ4n) is 3.30. The molecule has 2 heterocycles. The number of piperazine rings is 1. The van der Waals surface area contributed by atoms with Gasteiger partial charge in [0, 0.05) is 31.7 Å². The maximum absolute atomic E-state index is 12.7. The molecule has 1 amide bonds. The molecule has 0 spiro atoms. The van der Waals surface area contributed by atoms with Gasteiger partial charge in [-0.05, 0) is 31.2 Å². The van der Waals surface area contributed by atoms with Crippen LogP contribution < -0.4 is 9.64 Å². The molecule has 3 aromatic rings. The highest BCUT2D eigenvalue weighted by Gasteiger charge is 2.24. The molecule has 0 radical (unpaired) electrons. The number of fused-ring (bicyclic) bond motifs is 1. The Hall–Kier alpha value is -2.31. The maximum Gasteiger partial charge on any atom is 0.253 e. The molecule has 7 heteroatoms. The Labute approximate surface area is 167 Å². The molecule has 1 saturated heterocycles. The second-order valence-corrected chi connectivity index (χ2v) is 7.96. The van der Waals surface area contributed by atoms with Crippen molar-refractivity contribution < 1.29 is 9.53 Å². The first-order valence-electron chi connectivity index (χ1n) is 8.81. The molecule has 4 rings (SSSR count). The van der Waals surface area contributed by atoms with E-state index in [9.17, 15) is 4.79 Å². The zero-order valence-electron chi connectivity index (χ0n) is 15.2. The predicted molar refractivity (Wildman–Crippen MR) is 110 cm³/mol. The number of halogens is 1. The molecule has 0 aliphatic carbocycles. The number of benzene rings is 2. The van der Waals surface area contributed by atoms with Crippen LogP contribution in [-0.2, 0) is 0 Å². The molecule has 27 heavy (non-hydrogen) atoms. The summed E-state index contributed by atoms with van der Waals surface area (Å²) in [5.41, 5.74) is 2.64. The highest BCUT2D eigenvalue weighted by molar-refractivity contribution is 7.22. The third-order valence-corrected chi connectivity index (χ3v) is 6.35. The largest absolute Gasteiger partial charge is 0.494 e. The maximum atomic E-state index is 12.7. The Morgan fingerprint density at radius 1 is 1.19 bits per heavy atom. The number of hydrogen-bond acceptors (Lipinski definition) is 5. The predicted octanol–water partition coefficient (Wildman–Crippen LogP) is 4.23. The van der Waals surface area contributed by atoms with E-state index in [0.717, 1.165) is 45.3 Å². The van der Waals surface area contributed by atoms with Gasteiger partial charge in [-0.25, -0.2) is 4.98 Å². The zero-order valence-corrected chi connectivity index (χ0v) is 16.8. The van der Waals surface area contributed by atoms with Crippen LogP contribution in [0.25, 0.3) is 10.2 Å². The van der Waals surface area contributed by atoms with Gasteiger partial charge in [0.05, 0.1) is 16.8 Å². The van der Waals surface area contributed by atoms with Gasteiger partial charge in [-0.2, -0.15) is 0 Å². The summed E-state index contributed by atoms with van der Waals surface area (Å²) in [6, 6.07) is 11.4. The Balaban J connectivity index is 1.50. The molecule has 0 unspecified atom stereocenters. The monoisotopic (exact) mass is 401 g/mol. The SMILES string of the molecule is COc1ccc(Cl)c2sc(N3CCN(C(=O)c4cccc(C)c4)CC3)nc12. The number of anilines is 1. The van der Waals surface area contributed by atoms with Crippen molar-refractivity contribution in [2.75, 3.05) is 38.2 Å². The standard InChI is InChI=1S/C20H20ClN3O2S/c1-13-4-3-5-14(12-13)19(25)23-8-10-24(11-9-23)20-22-17-16(26-2)7-6-15(21)18(17)27-20/h3-7,12H,8-11H2,1-2H3. The molecule has 0 bridgehead atoms. The number of amides is 1. The second kappa shape index (κ2) is 7.37. The van der Waals surface area contributed by atoms with Crippen LogP contribution in [0.4, 0.5) is 5.13 Å². The Bertz CT molecular complexity index is 996. The summed E-state index contributed by atoms with van der Waals surface area (Å²) in [4.78, 5) is 21.6. The van der Waals surface area contributed by atoms with E-state index < -0.39 is 0 Å². The average molecular weight is 402 g/mol.